The average Bonchev–Trinajstić information content (AvgIpc) is 2.94. The van der Waals surface area contributed by atoms with Gasteiger partial charge in [-0.1, -0.05) is 32.0 Å². The second kappa shape index (κ2) is 4.90. The summed E-state index contributed by atoms with van der Waals surface area (Å²) < 4.78 is 24.5. The Labute approximate surface area is 128 Å². The summed E-state index contributed by atoms with van der Waals surface area (Å²) in [5.74, 6) is 0.401. The lowest BCUT2D eigenvalue weighted by molar-refractivity contribution is 0.480. The monoisotopic (exact) mass is 322 g/mol. The van der Waals surface area contributed by atoms with E-state index in [0.29, 0.717) is 22.8 Å². The van der Waals surface area contributed by atoms with E-state index in [-0.39, 0.29) is 5.75 Å². The van der Waals surface area contributed by atoms with Crippen molar-refractivity contribution in [2.24, 2.45) is 5.73 Å². The summed E-state index contributed by atoms with van der Waals surface area (Å²) in [7, 11) is -3.23. The zero-order valence-electron chi connectivity index (χ0n) is 12.0. The minimum absolute atomic E-state index is 0.0666. The van der Waals surface area contributed by atoms with Crippen molar-refractivity contribution >= 4 is 21.2 Å². The number of sulfone groups is 1. The first-order chi connectivity index (χ1) is 9.84. The summed E-state index contributed by atoms with van der Waals surface area (Å²) in [6.45, 7) is 4.17. The van der Waals surface area contributed by atoms with E-state index in [1.165, 1.54) is 11.3 Å². The van der Waals surface area contributed by atoms with Crippen LogP contribution in [0.1, 0.15) is 42.5 Å². The minimum Gasteiger partial charge on any atom is -0.316 e. The number of hydrogen-bond acceptors (Lipinski definition) is 5. The molecule has 1 unspecified atom stereocenters. The fraction of sp³-hybridized carbons (Fsp3) is 0.400. The molecule has 2 aromatic rings. The third kappa shape index (κ3) is 2.31. The zero-order chi connectivity index (χ0) is 15.3. The first kappa shape index (κ1) is 14.7. The van der Waals surface area contributed by atoms with E-state index < -0.39 is 15.4 Å². The van der Waals surface area contributed by atoms with Gasteiger partial charge in [0, 0.05) is 5.38 Å². The molecule has 0 amide bonds. The van der Waals surface area contributed by atoms with E-state index in [1.807, 2.05) is 17.5 Å². The molecule has 1 aromatic carbocycles. The Balaban J connectivity index is 2.17. The van der Waals surface area contributed by atoms with E-state index in [2.05, 4.69) is 18.8 Å². The lowest BCUT2D eigenvalue weighted by Crippen LogP contribution is -2.44. The van der Waals surface area contributed by atoms with Gasteiger partial charge >= 0.3 is 0 Å². The number of rotatable bonds is 2. The fourth-order valence-electron chi connectivity index (χ4n) is 2.62. The smallest absolute Gasteiger partial charge is 0.178 e. The Kier molecular flexibility index (Phi) is 3.43. The van der Waals surface area contributed by atoms with Crippen LogP contribution in [0.5, 0.6) is 0 Å². The van der Waals surface area contributed by atoms with Gasteiger partial charge in [-0.25, -0.2) is 13.4 Å². The molecule has 0 radical (unpaired) electrons. The van der Waals surface area contributed by atoms with Crippen LogP contribution < -0.4 is 5.73 Å². The van der Waals surface area contributed by atoms with Gasteiger partial charge < -0.3 is 5.73 Å². The molecule has 112 valence electrons. The van der Waals surface area contributed by atoms with Crippen molar-refractivity contribution < 1.29 is 8.42 Å². The van der Waals surface area contributed by atoms with Crippen molar-refractivity contribution in [3.05, 3.63) is 45.9 Å². The van der Waals surface area contributed by atoms with Crippen molar-refractivity contribution in [2.75, 3.05) is 5.75 Å². The molecule has 3 rings (SSSR count). The predicted molar refractivity (Wildman–Crippen MR) is 84.3 cm³/mol. The zero-order valence-corrected chi connectivity index (χ0v) is 13.7. The van der Waals surface area contributed by atoms with E-state index in [0.717, 1.165) is 10.7 Å². The van der Waals surface area contributed by atoms with E-state index in [1.54, 1.807) is 12.1 Å². The van der Waals surface area contributed by atoms with Crippen molar-refractivity contribution in [3.8, 4) is 0 Å². The second-order valence-corrected chi connectivity index (χ2v) is 8.70. The largest absolute Gasteiger partial charge is 0.316 e. The molecule has 0 saturated heterocycles. The Morgan fingerprint density at radius 3 is 2.71 bits per heavy atom. The Hall–Kier alpha value is -1.24. The summed E-state index contributed by atoms with van der Waals surface area (Å²) in [6, 6.07) is 7.02. The molecule has 6 heteroatoms. The van der Waals surface area contributed by atoms with Crippen molar-refractivity contribution in [1.29, 1.82) is 0 Å². The van der Waals surface area contributed by atoms with Crippen molar-refractivity contribution in [2.45, 2.75) is 36.6 Å². The highest BCUT2D eigenvalue weighted by atomic mass is 32.2. The van der Waals surface area contributed by atoms with Crippen LogP contribution in [0.3, 0.4) is 0 Å². The van der Waals surface area contributed by atoms with Gasteiger partial charge in [-0.05, 0) is 24.0 Å². The number of nitrogens with two attached hydrogens (primary N) is 1. The lowest BCUT2D eigenvalue weighted by atomic mass is 9.88. The number of aromatic nitrogens is 1. The first-order valence-electron chi connectivity index (χ1n) is 6.91. The molecule has 1 aliphatic heterocycles. The van der Waals surface area contributed by atoms with Crippen LogP contribution >= 0.6 is 11.3 Å². The van der Waals surface area contributed by atoms with Gasteiger partial charge in [-0.3, -0.25) is 0 Å². The van der Waals surface area contributed by atoms with Crippen LogP contribution in [0, 0.1) is 0 Å². The lowest BCUT2D eigenvalue weighted by Gasteiger charge is -2.33. The van der Waals surface area contributed by atoms with Crippen LogP contribution in [0.25, 0.3) is 0 Å². The summed E-state index contributed by atoms with van der Waals surface area (Å²) in [5, 5.41) is 2.81. The highest BCUT2D eigenvalue weighted by molar-refractivity contribution is 7.91. The molecule has 0 bridgehead atoms. The quantitative estimate of drug-likeness (QED) is 0.922. The number of fused-ring (bicyclic) bond motifs is 1. The van der Waals surface area contributed by atoms with Gasteiger partial charge in [-0.2, -0.15) is 0 Å². The number of thiazole rings is 1. The SMILES string of the molecule is CC(C)c1csc(C2(N)CCS(=O)(=O)c3ccccc32)n1. The maximum atomic E-state index is 12.2. The Bertz CT molecular complexity index is 780. The summed E-state index contributed by atoms with van der Waals surface area (Å²) in [4.78, 5) is 5.00. The van der Waals surface area contributed by atoms with E-state index in [4.69, 9.17) is 5.73 Å². The highest BCUT2D eigenvalue weighted by Gasteiger charge is 2.42. The molecular weight excluding hydrogens is 304 g/mol. The van der Waals surface area contributed by atoms with Gasteiger partial charge in [0.15, 0.2) is 9.84 Å². The third-order valence-electron chi connectivity index (χ3n) is 3.96. The van der Waals surface area contributed by atoms with Gasteiger partial charge in [-0.15, -0.1) is 11.3 Å². The van der Waals surface area contributed by atoms with Gasteiger partial charge in [0.05, 0.1) is 21.9 Å². The maximum Gasteiger partial charge on any atom is 0.178 e. The third-order valence-corrected chi connectivity index (χ3v) is 6.77. The molecular formula is C15H18N2O2S2. The van der Waals surface area contributed by atoms with Gasteiger partial charge in [0.1, 0.15) is 5.01 Å². The molecule has 21 heavy (non-hydrogen) atoms. The fourth-order valence-corrected chi connectivity index (χ4v) is 5.44. The number of nitrogens with zero attached hydrogens (tertiary/aromatic N) is 1. The van der Waals surface area contributed by atoms with Crippen LogP contribution in [0.2, 0.25) is 0 Å². The standard InChI is InChI=1S/C15H18N2O2S2/c1-10(2)12-9-20-14(17-12)15(16)7-8-21(18,19)13-6-4-3-5-11(13)15/h3-6,9-10H,7-8,16H2,1-2H3. The molecule has 1 aromatic heterocycles. The van der Waals surface area contributed by atoms with Crippen LogP contribution in [0.4, 0.5) is 0 Å². The van der Waals surface area contributed by atoms with E-state index >= 15 is 0 Å². The second-order valence-electron chi connectivity index (χ2n) is 5.77. The van der Waals surface area contributed by atoms with Crippen LogP contribution in [0.15, 0.2) is 34.5 Å². The summed E-state index contributed by atoms with van der Waals surface area (Å²) in [5.41, 5.74) is 7.48. The Morgan fingerprint density at radius 1 is 1.33 bits per heavy atom. The first-order valence-corrected chi connectivity index (χ1v) is 9.45. The topological polar surface area (TPSA) is 73.1 Å². The van der Waals surface area contributed by atoms with Crippen molar-refractivity contribution in [3.63, 3.8) is 0 Å². The molecule has 0 saturated carbocycles. The van der Waals surface area contributed by atoms with Gasteiger partial charge in [0.2, 0.25) is 0 Å². The van der Waals surface area contributed by atoms with Crippen LogP contribution in [-0.2, 0) is 15.4 Å². The molecule has 0 fully saturated rings. The molecule has 0 aliphatic carbocycles. The van der Waals surface area contributed by atoms with Gasteiger partial charge in [0.25, 0.3) is 0 Å². The molecule has 1 atom stereocenters. The van der Waals surface area contributed by atoms with Crippen LogP contribution in [-0.4, -0.2) is 19.2 Å². The number of hydrogen-bond donors (Lipinski definition) is 1. The summed E-state index contributed by atoms with van der Waals surface area (Å²) in [6.07, 6.45) is 0.372. The molecule has 2 N–H and O–H groups in total. The average molecular weight is 322 g/mol. The Morgan fingerprint density at radius 2 is 2.05 bits per heavy atom. The highest BCUT2D eigenvalue weighted by Crippen LogP contribution is 2.41. The normalized spacial score (nSPS) is 24.0. The van der Waals surface area contributed by atoms with Crippen molar-refractivity contribution in [1.82, 2.24) is 4.98 Å². The molecule has 2 heterocycles. The number of benzene rings is 1. The maximum absolute atomic E-state index is 12.2. The molecule has 1 aliphatic rings. The molecule has 0 spiro atoms. The predicted octanol–water partition coefficient (Wildman–Crippen LogP) is 2.65. The van der Waals surface area contributed by atoms with E-state index in [9.17, 15) is 8.42 Å². The molecule has 4 nitrogen and oxygen atoms in total. The minimum atomic E-state index is -3.23. The summed E-state index contributed by atoms with van der Waals surface area (Å²) >= 11 is 1.52.